The molecule has 2 heteroatoms. The highest BCUT2D eigenvalue weighted by Gasteiger charge is 2.16. The van der Waals surface area contributed by atoms with Gasteiger partial charge in [-0.25, -0.2) is 0 Å². The minimum absolute atomic E-state index is 0.138. The van der Waals surface area contributed by atoms with Crippen molar-refractivity contribution < 1.29 is 9.53 Å². The molecule has 0 aliphatic rings. The molecule has 0 atom stereocenters. The van der Waals surface area contributed by atoms with Gasteiger partial charge in [-0.1, -0.05) is 42.5 Å². The molecule has 19 heavy (non-hydrogen) atoms. The standard InChI is InChI=1S/C17H20O2/c1-17(2,3)19-16(18)12-11-14-9-6-8-13-7-4-5-10-15(13)14/h4-10H,11-12H2,1-3H3. The Hall–Kier alpha value is -1.83. The molecular weight excluding hydrogens is 236 g/mol. The van der Waals surface area contributed by atoms with Crippen LogP contribution in [0.2, 0.25) is 0 Å². The lowest BCUT2D eigenvalue weighted by atomic mass is 10.0. The molecule has 0 aromatic heterocycles. The zero-order valence-electron chi connectivity index (χ0n) is 11.8. The van der Waals surface area contributed by atoms with E-state index in [-0.39, 0.29) is 5.97 Å². The molecule has 0 unspecified atom stereocenters. The summed E-state index contributed by atoms with van der Waals surface area (Å²) in [6.45, 7) is 5.68. The monoisotopic (exact) mass is 256 g/mol. The SMILES string of the molecule is CC(C)(C)OC(=O)CCc1cccc2ccccc12. The van der Waals surface area contributed by atoms with E-state index in [1.807, 2.05) is 39.0 Å². The number of carbonyl (C=O) groups excluding carboxylic acids is 1. The van der Waals surface area contributed by atoms with E-state index in [2.05, 4.69) is 24.3 Å². The molecule has 0 amide bonds. The predicted molar refractivity (Wildman–Crippen MR) is 78.1 cm³/mol. The highest BCUT2D eigenvalue weighted by atomic mass is 16.6. The van der Waals surface area contributed by atoms with Crippen molar-refractivity contribution in [2.24, 2.45) is 0 Å². The molecule has 2 aromatic rings. The smallest absolute Gasteiger partial charge is 0.306 e. The Morgan fingerprint density at radius 1 is 1.05 bits per heavy atom. The summed E-state index contributed by atoms with van der Waals surface area (Å²) >= 11 is 0. The van der Waals surface area contributed by atoms with Crippen molar-refractivity contribution in [2.45, 2.75) is 39.2 Å². The molecule has 2 rings (SSSR count). The molecule has 0 N–H and O–H groups in total. The van der Waals surface area contributed by atoms with Gasteiger partial charge in [0.25, 0.3) is 0 Å². The average molecular weight is 256 g/mol. The highest BCUT2D eigenvalue weighted by Crippen LogP contribution is 2.20. The predicted octanol–water partition coefficient (Wildman–Crippen LogP) is 4.11. The quantitative estimate of drug-likeness (QED) is 0.772. The van der Waals surface area contributed by atoms with Crippen LogP contribution in [-0.4, -0.2) is 11.6 Å². The fraction of sp³-hybridized carbons (Fsp3) is 0.353. The second-order valence-corrected chi connectivity index (χ2v) is 5.72. The minimum atomic E-state index is -0.407. The van der Waals surface area contributed by atoms with Gasteiger partial charge in [-0.2, -0.15) is 0 Å². The number of aryl methyl sites for hydroxylation is 1. The molecule has 0 spiro atoms. The summed E-state index contributed by atoms with van der Waals surface area (Å²) in [5, 5.41) is 2.43. The number of esters is 1. The summed E-state index contributed by atoms with van der Waals surface area (Å²) in [6.07, 6.45) is 1.14. The lowest BCUT2D eigenvalue weighted by molar-refractivity contribution is -0.154. The Morgan fingerprint density at radius 3 is 2.47 bits per heavy atom. The van der Waals surface area contributed by atoms with Crippen molar-refractivity contribution in [1.82, 2.24) is 0 Å². The van der Waals surface area contributed by atoms with Gasteiger partial charge in [-0.15, -0.1) is 0 Å². The van der Waals surface area contributed by atoms with E-state index in [1.165, 1.54) is 16.3 Å². The van der Waals surface area contributed by atoms with Gasteiger partial charge < -0.3 is 4.74 Å². The lowest BCUT2D eigenvalue weighted by Gasteiger charge is -2.19. The van der Waals surface area contributed by atoms with Crippen LogP contribution in [0.3, 0.4) is 0 Å². The van der Waals surface area contributed by atoms with Crippen LogP contribution < -0.4 is 0 Å². The van der Waals surface area contributed by atoms with Crippen molar-refractivity contribution >= 4 is 16.7 Å². The maximum absolute atomic E-state index is 11.7. The fourth-order valence-electron chi connectivity index (χ4n) is 2.14. The van der Waals surface area contributed by atoms with E-state index < -0.39 is 5.60 Å². The van der Waals surface area contributed by atoms with Gasteiger partial charge >= 0.3 is 5.97 Å². The molecule has 2 aromatic carbocycles. The summed E-state index contributed by atoms with van der Waals surface area (Å²) in [7, 11) is 0. The van der Waals surface area contributed by atoms with Crippen LogP contribution >= 0.6 is 0 Å². The molecule has 0 bridgehead atoms. The van der Waals surface area contributed by atoms with Gasteiger partial charge in [0.05, 0.1) is 0 Å². The van der Waals surface area contributed by atoms with Crippen molar-refractivity contribution in [3.8, 4) is 0 Å². The third-order valence-corrected chi connectivity index (χ3v) is 2.90. The summed E-state index contributed by atoms with van der Waals surface area (Å²) in [5.41, 5.74) is 0.791. The van der Waals surface area contributed by atoms with E-state index in [9.17, 15) is 4.79 Å². The first-order valence-corrected chi connectivity index (χ1v) is 6.64. The molecule has 0 saturated carbocycles. The third kappa shape index (κ3) is 3.82. The Morgan fingerprint density at radius 2 is 1.74 bits per heavy atom. The van der Waals surface area contributed by atoms with Crippen LogP contribution in [0, 0.1) is 0 Å². The van der Waals surface area contributed by atoms with Crippen LogP contribution in [0.15, 0.2) is 42.5 Å². The van der Waals surface area contributed by atoms with Crippen molar-refractivity contribution in [3.05, 3.63) is 48.0 Å². The number of benzene rings is 2. The highest BCUT2D eigenvalue weighted by molar-refractivity contribution is 5.86. The molecule has 2 nitrogen and oxygen atoms in total. The number of carbonyl (C=O) groups is 1. The van der Waals surface area contributed by atoms with Gasteiger partial charge in [0.1, 0.15) is 5.60 Å². The Kier molecular flexibility index (Phi) is 3.89. The topological polar surface area (TPSA) is 26.3 Å². The number of hydrogen-bond acceptors (Lipinski definition) is 2. The number of ether oxygens (including phenoxy) is 1. The molecule has 0 saturated heterocycles. The van der Waals surface area contributed by atoms with Crippen LogP contribution in [-0.2, 0) is 16.0 Å². The molecule has 0 aliphatic carbocycles. The second kappa shape index (κ2) is 5.43. The van der Waals surface area contributed by atoms with Gasteiger partial charge in [-0.3, -0.25) is 4.79 Å². The van der Waals surface area contributed by atoms with E-state index in [0.29, 0.717) is 6.42 Å². The Bertz CT molecular complexity index is 574. The second-order valence-electron chi connectivity index (χ2n) is 5.72. The third-order valence-electron chi connectivity index (χ3n) is 2.90. The Labute approximate surface area is 114 Å². The molecule has 0 fully saturated rings. The van der Waals surface area contributed by atoms with E-state index in [1.54, 1.807) is 0 Å². The molecule has 0 radical (unpaired) electrons. The summed E-state index contributed by atoms with van der Waals surface area (Å²) < 4.78 is 5.33. The lowest BCUT2D eigenvalue weighted by Crippen LogP contribution is -2.24. The number of hydrogen-bond donors (Lipinski definition) is 0. The fourth-order valence-corrected chi connectivity index (χ4v) is 2.14. The van der Waals surface area contributed by atoms with E-state index >= 15 is 0 Å². The number of fused-ring (bicyclic) bond motifs is 1. The van der Waals surface area contributed by atoms with Crippen molar-refractivity contribution in [3.63, 3.8) is 0 Å². The van der Waals surface area contributed by atoms with E-state index in [0.717, 1.165) is 6.42 Å². The first-order valence-electron chi connectivity index (χ1n) is 6.64. The summed E-state index contributed by atoms with van der Waals surface area (Å²) in [6, 6.07) is 14.4. The van der Waals surface area contributed by atoms with E-state index in [4.69, 9.17) is 4.74 Å². The molecule has 100 valence electrons. The van der Waals surface area contributed by atoms with Crippen molar-refractivity contribution in [1.29, 1.82) is 0 Å². The largest absolute Gasteiger partial charge is 0.460 e. The molecule has 0 heterocycles. The maximum atomic E-state index is 11.7. The van der Waals surface area contributed by atoms with Gasteiger partial charge in [-0.05, 0) is 43.5 Å². The molecule has 0 aliphatic heterocycles. The Balaban J connectivity index is 2.08. The minimum Gasteiger partial charge on any atom is -0.460 e. The maximum Gasteiger partial charge on any atom is 0.306 e. The van der Waals surface area contributed by atoms with Crippen LogP contribution in [0.5, 0.6) is 0 Å². The van der Waals surface area contributed by atoms with Gasteiger partial charge in [0, 0.05) is 6.42 Å². The molecular formula is C17H20O2. The number of rotatable bonds is 3. The average Bonchev–Trinajstić information content (AvgIpc) is 2.34. The van der Waals surface area contributed by atoms with Crippen LogP contribution in [0.1, 0.15) is 32.8 Å². The summed E-state index contributed by atoms with van der Waals surface area (Å²) in [4.78, 5) is 11.7. The normalized spacial score (nSPS) is 11.5. The zero-order chi connectivity index (χ0) is 13.9. The first-order chi connectivity index (χ1) is 8.96. The van der Waals surface area contributed by atoms with Crippen LogP contribution in [0.4, 0.5) is 0 Å². The van der Waals surface area contributed by atoms with Gasteiger partial charge in [0.15, 0.2) is 0 Å². The van der Waals surface area contributed by atoms with Crippen LogP contribution in [0.25, 0.3) is 10.8 Å². The zero-order valence-corrected chi connectivity index (χ0v) is 11.8. The summed E-state index contributed by atoms with van der Waals surface area (Å²) in [5.74, 6) is -0.138. The van der Waals surface area contributed by atoms with Crippen molar-refractivity contribution in [2.75, 3.05) is 0 Å². The van der Waals surface area contributed by atoms with Gasteiger partial charge in [0.2, 0.25) is 0 Å². The first kappa shape index (κ1) is 13.6.